The number of hydrogen-bond donors (Lipinski definition) is 2. The Kier molecular flexibility index (Phi) is 6.97. The normalized spacial score (nSPS) is 18.4. The van der Waals surface area contributed by atoms with E-state index in [1.165, 1.54) is 0 Å². The number of nitrogens with zero attached hydrogens (tertiary/aromatic N) is 3. The Morgan fingerprint density at radius 1 is 1.03 bits per heavy atom. The van der Waals surface area contributed by atoms with Gasteiger partial charge >= 0.3 is 0 Å². The molecular formula is C22H31N5O3. The fourth-order valence-corrected chi connectivity index (χ4v) is 3.73. The second-order valence-electron chi connectivity index (χ2n) is 7.86. The number of hydrogen-bond acceptors (Lipinski definition) is 7. The van der Waals surface area contributed by atoms with Gasteiger partial charge in [0, 0.05) is 49.6 Å². The van der Waals surface area contributed by atoms with Gasteiger partial charge in [-0.3, -0.25) is 4.79 Å². The minimum atomic E-state index is -0.110. The molecule has 1 saturated carbocycles. The van der Waals surface area contributed by atoms with Crippen LogP contribution in [0, 0.1) is 6.92 Å². The van der Waals surface area contributed by atoms with Gasteiger partial charge in [0.25, 0.3) is 5.91 Å². The van der Waals surface area contributed by atoms with Gasteiger partial charge in [-0.05, 0) is 44.7 Å². The molecule has 1 aliphatic carbocycles. The first-order valence-electron chi connectivity index (χ1n) is 10.2. The van der Waals surface area contributed by atoms with E-state index >= 15 is 0 Å². The molecule has 0 radical (unpaired) electrons. The number of benzene rings is 1. The first-order chi connectivity index (χ1) is 14.4. The highest BCUT2D eigenvalue weighted by atomic mass is 16.5. The topological polar surface area (TPSA) is 88.6 Å². The van der Waals surface area contributed by atoms with Crippen molar-refractivity contribution in [2.24, 2.45) is 0 Å². The molecule has 0 atom stereocenters. The molecule has 3 rings (SSSR count). The largest absolute Gasteiger partial charge is 0.497 e. The number of anilines is 2. The van der Waals surface area contributed by atoms with Crippen LogP contribution in [0.15, 0.2) is 24.4 Å². The minimum Gasteiger partial charge on any atom is -0.497 e. The van der Waals surface area contributed by atoms with E-state index in [1.807, 2.05) is 32.1 Å². The lowest BCUT2D eigenvalue weighted by molar-refractivity contribution is 0.0926. The highest BCUT2D eigenvalue weighted by Gasteiger charge is 2.24. The zero-order valence-corrected chi connectivity index (χ0v) is 18.4. The Morgan fingerprint density at radius 2 is 1.63 bits per heavy atom. The van der Waals surface area contributed by atoms with Crippen LogP contribution in [0.25, 0.3) is 0 Å². The van der Waals surface area contributed by atoms with Crippen molar-refractivity contribution in [1.82, 2.24) is 15.3 Å². The van der Waals surface area contributed by atoms with Crippen molar-refractivity contribution in [1.29, 1.82) is 0 Å². The van der Waals surface area contributed by atoms with E-state index in [-0.39, 0.29) is 11.9 Å². The third-order valence-corrected chi connectivity index (χ3v) is 5.38. The average molecular weight is 414 g/mol. The summed E-state index contributed by atoms with van der Waals surface area (Å²) in [7, 11) is 7.10. The van der Waals surface area contributed by atoms with Crippen LogP contribution in [-0.2, 0) is 0 Å². The zero-order chi connectivity index (χ0) is 21.7. The molecule has 8 nitrogen and oxygen atoms in total. The molecule has 1 aromatic heterocycles. The zero-order valence-electron chi connectivity index (χ0n) is 18.4. The molecule has 1 aromatic carbocycles. The summed E-state index contributed by atoms with van der Waals surface area (Å²) in [6.07, 6.45) is 5.54. The Labute approximate surface area is 178 Å². The third-order valence-electron chi connectivity index (χ3n) is 5.38. The summed E-state index contributed by atoms with van der Waals surface area (Å²) in [4.78, 5) is 23.7. The molecule has 0 saturated heterocycles. The van der Waals surface area contributed by atoms with E-state index in [1.54, 1.807) is 32.4 Å². The molecule has 1 amide bonds. The van der Waals surface area contributed by atoms with Crippen LogP contribution in [-0.4, -0.2) is 56.3 Å². The summed E-state index contributed by atoms with van der Waals surface area (Å²) in [5.41, 5.74) is 1.59. The summed E-state index contributed by atoms with van der Waals surface area (Å²) in [6.45, 7) is 2.00. The summed E-state index contributed by atoms with van der Waals surface area (Å²) in [6, 6.07) is 5.64. The lowest BCUT2D eigenvalue weighted by atomic mass is 9.91. The van der Waals surface area contributed by atoms with Gasteiger partial charge in [-0.15, -0.1) is 0 Å². The molecule has 162 valence electrons. The Hall–Kier alpha value is -3.03. The maximum Gasteiger partial charge on any atom is 0.251 e. The second-order valence-corrected chi connectivity index (χ2v) is 7.86. The van der Waals surface area contributed by atoms with Crippen LogP contribution < -0.4 is 25.0 Å². The maximum atomic E-state index is 12.7. The molecule has 1 fully saturated rings. The fourth-order valence-electron chi connectivity index (χ4n) is 3.73. The van der Waals surface area contributed by atoms with E-state index in [4.69, 9.17) is 9.47 Å². The number of methoxy groups -OCH3 is 2. The standard InChI is InChI=1S/C22H31N5O3/c1-14-13-23-22(26-20(14)27(2)3)25-17-8-6-16(7-9-17)24-21(28)15-10-18(29-4)12-19(11-15)30-5/h10-13,16-17H,6-9H2,1-5H3,(H,24,28)(H,23,25,26). The van der Waals surface area contributed by atoms with Crippen molar-refractivity contribution in [3.63, 3.8) is 0 Å². The first kappa shape index (κ1) is 21.7. The monoisotopic (exact) mass is 413 g/mol. The molecule has 0 aliphatic heterocycles. The molecular weight excluding hydrogens is 382 g/mol. The number of rotatable bonds is 7. The van der Waals surface area contributed by atoms with Crippen LogP contribution in [0.1, 0.15) is 41.6 Å². The number of nitrogens with one attached hydrogen (secondary N) is 2. The fraction of sp³-hybridized carbons (Fsp3) is 0.500. The average Bonchev–Trinajstić information content (AvgIpc) is 2.75. The molecule has 30 heavy (non-hydrogen) atoms. The van der Waals surface area contributed by atoms with Gasteiger partial charge in [0.15, 0.2) is 0 Å². The van der Waals surface area contributed by atoms with Crippen LogP contribution in [0.2, 0.25) is 0 Å². The van der Waals surface area contributed by atoms with Gasteiger partial charge in [-0.2, -0.15) is 4.98 Å². The smallest absolute Gasteiger partial charge is 0.251 e. The van der Waals surface area contributed by atoms with Crippen molar-refractivity contribution >= 4 is 17.7 Å². The molecule has 0 unspecified atom stereocenters. The van der Waals surface area contributed by atoms with Crippen LogP contribution in [0.5, 0.6) is 11.5 Å². The van der Waals surface area contributed by atoms with E-state index in [9.17, 15) is 4.79 Å². The van der Waals surface area contributed by atoms with Gasteiger partial charge in [-0.25, -0.2) is 4.98 Å². The number of carbonyl (C=O) groups excluding carboxylic acids is 1. The maximum absolute atomic E-state index is 12.7. The number of aromatic nitrogens is 2. The Bertz CT molecular complexity index is 857. The number of carbonyl (C=O) groups is 1. The summed E-state index contributed by atoms with van der Waals surface area (Å²) < 4.78 is 10.5. The number of aryl methyl sites for hydroxylation is 1. The van der Waals surface area contributed by atoms with Crippen molar-refractivity contribution < 1.29 is 14.3 Å². The van der Waals surface area contributed by atoms with Crippen molar-refractivity contribution in [2.75, 3.05) is 38.5 Å². The molecule has 0 bridgehead atoms. The van der Waals surface area contributed by atoms with Gasteiger partial charge in [0.05, 0.1) is 14.2 Å². The molecule has 1 aliphatic rings. The van der Waals surface area contributed by atoms with Gasteiger partial charge in [-0.1, -0.05) is 0 Å². The van der Waals surface area contributed by atoms with Crippen molar-refractivity contribution in [2.45, 2.75) is 44.7 Å². The highest BCUT2D eigenvalue weighted by molar-refractivity contribution is 5.95. The predicted molar refractivity (Wildman–Crippen MR) is 118 cm³/mol. The third kappa shape index (κ3) is 5.31. The SMILES string of the molecule is COc1cc(OC)cc(C(=O)NC2CCC(Nc3ncc(C)c(N(C)C)n3)CC2)c1. The van der Waals surface area contributed by atoms with E-state index in [0.29, 0.717) is 29.1 Å². The van der Waals surface area contributed by atoms with Gasteiger partial charge in [0.2, 0.25) is 5.95 Å². The summed E-state index contributed by atoms with van der Waals surface area (Å²) >= 11 is 0. The van der Waals surface area contributed by atoms with Crippen LogP contribution in [0.3, 0.4) is 0 Å². The van der Waals surface area contributed by atoms with Gasteiger partial charge in [0.1, 0.15) is 17.3 Å². The summed E-state index contributed by atoms with van der Waals surface area (Å²) in [5, 5.41) is 6.58. The quantitative estimate of drug-likeness (QED) is 0.721. The first-order valence-corrected chi connectivity index (χ1v) is 10.2. The minimum absolute atomic E-state index is 0.110. The number of ether oxygens (including phenoxy) is 2. The highest BCUT2D eigenvalue weighted by Crippen LogP contribution is 2.25. The second kappa shape index (κ2) is 9.65. The molecule has 2 N–H and O–H groups in total. The van der Waals surface area contributed by atoms with Crippen molar-refractivity contribution in [3.05, 3.63) is 35.5 Å². The Balaban J connectivity index is 1.55. The van der Waals surface area contributed by atoms with Gasteiger partial charge < -0.3 is 25.0 Å². The van der Waals surface area contributed by atoms with E-state index in [0.717, 1.165) is 37.1 Å². The van der Waals surface area contributed by atoms with Crippen LogP contribution in [0.4, 0.5) is 11.8 Å². The summed E-state index contributed by atoms with van der Waals surface area (Å²) in [5.74, 6) is 2.66. The van der Waals surface area contributed by atoms with Crippen molar-refractivity contribution in [3.8, 4) is 11.5 Å². The van der Waals surface area contributed by atoms with Crippen LogP contribution >= 0.6 is 0 Å². The Morgan fingerprint density at radius 3 is 2.20 bits per heavy atom. The lowest BCUT2D eigenvalue weighted by Crippen LogP contribution is -2.40. The number of amides is 1. The predicted octanol–water partition coefficient (Wildman–Crippen LogP) is 3.02. The molecule has 2 aromatic rings. The molecule has 0 spiro atoms. The molecule has 8 heteroatoms. The lowest BCUT2D eigenvalue weighted by Gasteiger charge is -2.30. The molecule has 1 heterocycles. The van der Waals surface area contributed by atoms with E-state index < -0.39 is 0 Å². The van der Waals surface area contributed by atoms with E-state index in [2.05, 4.69) is 20.6 Å².